The van der Waals surface area contributed by atoms with Gasteiger partial charge in [0.2, 0.25) is 0 Å². The van der Waals surface area contributed by atoms with Crippen LogP contribution in [0.5, 0.6) is 0 Å². The third-order valence-corrected chi connectivity index (χ3v) is 7.86. The number of anilines is 2. The Morgan fingerprint density at radius 1 is 0.915 bits per heavy atom. The molecule has 0 radical (unpaired) electrons. The highest BCUT2D eigenvalue weighted by Gasteiger charge is 2.30. The van der Waals surface area contributed by atoms with Crippen LogP contribution in [0.3, 0.4) is 0 Å². The predicted molar refractivity (Wildman–Crippen MR) is 150 cm³/mol. The van der Waals surface area contributed by atoms with E-state index in [1.165, 1.54) is 6.07 Å². The van der Waals surface area contributed by atoms with Gasteiger partial charge in [0.15, 0.2) is 9.84 Å². The number of nitrogens with two attached hydrogens (primary N) is 1. The molecule has 1 fully saturated rings. The molecule has 8 N–H and O–H groups in total. The number of rotatable bonds is 11. The van der Waals surface area contributed by atoms with E-state index in [0.29, 0.717) is 49.7 Å². The lowest BCUT2D eigenvalue weighted by atomic mass is 10.1. The highest BCUT2D eigenvalue weighted by molar-refractivity contribution is 7.91. The number of quaternary nitrogens is 2. The first-order valence-corrected chi connectivity index (χ1v) is 15.5. The lowest BCUT2D eigenvalue weighted by Crippen LogP contribution is -2.89. The largest absolute Gasteiger partial charge is 0.542 e. The topological polar surface area (TPSA) is 223 Å². The molecule has 0 aromatic heterocycles. The number of carboxylic acids is 2. The van der Waals surface area contributed by atoms with Gasteiger partial charge in [0, 0.05) is 18.8 Å². The van der Waals surface area contributed by atoms with Crippen LogP contribution in [-0.4, -0.2) is 100 Å². The number of aliphatic carboxylic acids is 2. The summed E-state index contributed by atoms with van der Waals surface area (Å²) in [6.45, 7) is 4.29. The number of piperazine rings is 1. The number of hydrogen-bond acceptors (Lipinski definition) is 10. The van der Waals surface area contributed by atoms with Gasteiger partial charge in [0.05, 0.1) is 61.2 Å². The van der Waals surface area contributed by atoms with Crippen molar-refractivity contribution in [2.75, 3.05) is 62.3 Å². The van der Waals surface area contributed by atoms with Crippen molar-refractivity contribution in [3.8, 4) is 0 Å². The van der Waals surface area contributed by atoms with Gasteiger partial charge < -0.3 is 51.5 Å². The summed E-state index contributed by atoms with van der Waals surface area (Å²) in [6.07, 6.45) is -10.3. The Kier molecular flexibility index (Phi) is 16.4. The van der Waals surface area contributed by atoms with Crippen LogP contribution in [-0.2, 0) is 26.0 Å². The van der Waals surface area contributed by atoms with Crippen LogP contribution in [0.1, 0.15) is 22.3 Å². The Morgan fingerprint density at radius 2 is 1.45 bits per heavy atom. The second-order valence-corrected chi connectivity index (χ2v) is 11.7. The average molecular weight is 704 g/mol. The molecule has 47 heavy (non-hydrogen) atoms. The SMILES string of the molecule is O=C([O-])C(F)(F)F.O=C([O-])C(F)(F)F.[NH3+]CCNc1cc(NCc2ccccc2)c(S(=O)(=O)CCCO)cc1C(=O)N1CC[NH2+]CC1. The number of hydrogen-bond donors (Lipinski definition) is 5. The number of carbonyl (C=O) groups is 3. The second-order valence-electron chi connectivity index (χ2n) is 9.64. The maximum absolute atomic E-state index is 13.4. The molecule has 20 heteroatoms. The molecule has 0 bridgehead atoms. The van der Waals surface area contributed by atoms with Gasteiger partial charge in [0.1, 0.15) is 11.9 Å². The average Bonchev–Trinajstić information content (AvgIpc) is 3.01. The van der Waals surface area contributed by atoms with E-state index in [0.717, 1.165) is 18.7 Å². The van der Waals surface area contributed by atoms with E-state index in [1.54, 1.807) is 11.0 Å². The zero-order chi connectivity index (χ0) is 35.8. The van der Waals surface area contributed by atoms with Crippen molar-refractivity contribution in [1.29, 1.82) is 0 Å². The van der Waals surface area contributed by atoms with Crippen molar-refractivity contribution in [2.45, 2.75) is 30.2 Å². The Bertz CT molecular complexity index is 1400. The van der Waals surface area contributed by atoms with Gasteiger partial charge in [-0.1, -0.05) is 30.3 Å². The zero-order valence-electron chi connectivity index (χ0n) is 24.8. The third-order valence-electron chi connectivity index (χ3n) is 6.03. The third kappa shape index (κ3) is 14.4. The number of alkyl halides is 6. The summed E-state index contributed by atoms with van der Waals surface area (Å²) >= 11 is 0. The van der Waals surface area contributed by atoms with Crippen molar-refractivity contribution < 1.29 is 75.5 Å². The number of benzene rings is 2. The van der Waals surface area contributed by atoms with Crippen LogP contribution in [0.25, 0.3) is 0 Å². The lowest BCUT2D eigenvalue weighted by molar-refractivity contribution is -0.661. The smallest absolute Gasteiger partial charge is 0.430 e. The summed E-state index contributed by atoms with van der Waals surface area (Å²) in [5.41, 5.74) is 6.24. The van der Waals surface area contributed by atoms with Crippen LogP contribution < -0.4 is 31.9 Å². The molecule has 1 amide bonds. The van der Waals surface area contributed by atoms with Gasteiger partial charge in [-0.15, -0.1) is 0 Å². The van der Waals surface area contributed by atoms with Crippen LogP contribution in [0.15, 0.2) is 47.4 Å². The Balaban J connectivity index is 0.000000658. The molecule has 0 unspecified atom stereocenters. The van der Waals surface area contributed by atoms with Crippen LogP contribution >= 0.6 is 0 Å². The molecule has 0 saturated carbocycles. The van der Waals surface area contributed by atoms with Crippen molar-refractivity contribution >= 4 is 39.1 Å². The molecule has 1 aliphatic heterocycles. The fourth-order valence-corrected chi connectivity index (χ4v) is 5.30. The standard InChI is InChI=1S/C23H33N5O4S.2C2HF3O2/c24-7-8-26-20-16-21(27-17-18-5-2-1-3-6-18)22(33(31,32)14-4-13-29)15-19(20)23(30)28-11-9-25-10-12-28;2*3-2(4,5)1(6)7/h1-3,5-6,15-16,25-27,29H,4,7-14,17,24H2;2*(H,6,7). The molecule has 0 aliphatic carbocycles. The molecular weight excluding hydrogens is 668 g/mol. The van der Waals surface area contributed by atoms with Gasteiger partial charge >= 0.3 is 12.4 Å². The molecule has 1 heterocycles. The number of nitrogens with zero attached hydrogens (tertiary/aromatic N) is 1. The van der Waals surface area contributed by atoms with Crippen LogP contribution in [0.4, 0.5) is 37.7 Å². The van der Waals surface area contributed by atoms with Gasteiger partial charge in [-0.3, -0.25) is 4.79 Å². The number of aliphatic hydroxyl groups is 1. The molecule has 13 nitrogen and oxygen atoms in total. The molecule has 1 aliphatic rings. The number of carboxylic acid groups (broad SMARTS) is 2. The molecule has 2 aromatic carbocycles. The van der Waals surface area contributed by atoms with Gasteiger partial charge in [-0.2, -0.15) is 26.3 Å². The molecule has 1 saturated heterocycles. The molecule has 0 spiro atoms. The first-order chi connectivity index (χ1) is 21.8. The number of halogens is 6. The fourth-order valence-electron chi connectivity index (χ4n) is 3.80. The van der Waals surface area contributed by atoms with Crippen LogP contribution in [0.2, 0.25) is 0 Å². The minimum Gasteiger partial charge on any atom is -0.542 e. The van der Waals surface area contributed by atoms with Crippen LogP contribution in [0, 0.1) is 0 Å². The summed E-state index contributed by atoms with van der Waals surface area (Å²) in [4.78, 5) is 32.8. The Morgan fingerprint density at radius 3 is 1.91 bits per heavy atom. The first-order valence-electron chi connectivity index (χ1n) is 13.8. The predicted octanol–water partition coefficient (Wildman–Crippen LogP) is -2.27. The number of sulfone groups is 1. The van der Waals surface area contributed by atoms with E-state index in [4.69, 9.17) is 19.8 Å². The number of carbonyl (C=O) groups excluding carboxylic acids is 3. The first kappa shape index (κ1) is 40.9. The zero-order valence-corrected chi connectivity index (χ0v) is 25.6. The van der Waals surface area contributed by atoms with E-state index in [1.807, 2.05) is 30.3 Å². The summed E-state index contributed by atoms with van der Waals surface area (Å²) in [5.74, 6) is -6.38. The summed E-state index contributed by atoms with van der Waals surface area (Å²) < 4.78 is 89.5. The fraction of sp³-hybridized carbons (Fsp3) is 0.444. The molecule has 0 atom stereocenters. The molecule has 2 aromatic rings. The van der Waals surface area contributed by atoms with Gasteiger partial charge in [0.25, 0.3) is 5.91 Å². The summed E-state index contributed by atoms with van der Waals surface area (Å²) in [5, 5.41) is 35.4. The molecule has 264 valence electrons. The minimum absolute atomic E-state index is 0.0824. The Hall–Kier alpha value is -4.14. The maximum Gasteiger partial charge on any atom is 0.430 e. The highest BCUT2D eigenvalue weighted by Crippen LogP contribution is 2.32. The Labute approximate surface area is 265 Å². The van der Waals surface area contributed by atoms with Gasteiger partial charge in [-0.05, 0) is 24.1 Å². The highest BCUT2D eigenvalue weighted by atomic mass is 32.2. The maximum atomic E-state index is 13.4. The van der Waals surface area contributed by atoms with Crippen molar-refractivity contribution in [3.63, 3.8) is 0 Å². The second kappa shape index (κ2) is 18.9. The van der Waals surface area contributed by atoms with Crippen molar-refractivity contribution in [3.05, 3.63) is 53.6 Å². The number of aliphatic hydroxyl groups excluding tert-OH is 1. The normalized spacial score (nSPS) is 13.3. The van der Waals surface area contributed by atoms with E-state index in [9.17, 15) is 44.7 Å². The van der Waals surface area contributed by atoms with E-state index in [-0.39, 0.29) is 29.6 Å². The van der Waals surface area contributed by atoms with Crippen molar-refractivity contribution in [1.82, 2.24) is 4.90 Å². The molecular formula is C27H35F6N5O8S. The molecule has 3 rings (SSSR count). The van der Waals surface area contributed by atoms with E-state index < -0.39 is 34.1 Å². The lowest BCUT2D eigenvalue weighted by Gasteiger charge is -2.27. The van der Waals surface area contributed by atoms with Gasteiger partial charge in [-0.25, -0.2) is 8.42 Å². The monoisotopic (exact) mass is 703 g/mol. The number of amides is 1. The number of nitrogens with one attached hydrogen (secondary N) is 2. The van der Waals surface area contributed by atoms with E-state index >= 15 is 0 Å². The van der Waals surface area contributed by atoms with E-state index in [2.05, 4.69) is 21.7 Å². The quantitative estimate of drug-likeness (QED) is 0.158. The summed E-state index contributed by atoms with van der Waals surface area (Å²) in [6, 6.07) is 12.9. The summed E-state index contributed by atoms with van der Waals surface area (Å²) in [7, 11) is -3.72. The van der Waals surface area contributed by atoms with Crippen molar-refractivity contribution in [2.24, 2.45) is 0 Å². The minimum atomic E-state index is -5.19.